The summed E-state index contributed by atoms with van der Waals surface area (Å²) in [5, 5.41) is 3.80. The summed E-state index contributed by atoms with van der Waals surface area (Å²) in [6.45, 7) is 4.68. The van der Waals surface area contributed by atoms with Crippen molar-refractivity contribution in [3.05, 3.63) is 45.5 Å². The number of rotatable bonds is 2. The van der Waals surface area contributed by atoms with Gasteiger partial charge in [-0.1, -0.05) is 5.16 Å². The van der Waals surface area contributed by atoms with Crippen LogP contribution in [0.3, 0.4) is 0 Å². The molecule has 3 heterocycles. The number of aromatic amines is 1. The molecule has 116 valence electrons. The van der Waals surface area contributed by atoms with Crippen molar-refractivity contribution in [3.63, 3.8) is 0 Å². The van der Waals surface area contributed by atoms with Crippen molar-refractivity contribution in [2.75, 3.05) is 13.1 Å². The lowest BCUT2D eigenvalue weighted by molar-refractivity contribution is 0.0694. The second-order valence-corrected chi connectivity index (χ2v) is 5.65. The molecule has 2 aromatic heterocycles. The second kappa shape index (κ2) is 5.75. The van der Waals surface area contributed by atoms with Crippen LogP contribution in [-0.2, 0) is 0 Å². The van der Waals surface area contributed by atoms with Gasteiger partial charge in [0.05, 0.1) is 5.92 Å². The lowest BCUT2D eigenvalue weighted by Crippen LogP contribution is -2.41. The standard InChI is InChI=1S/C15H18N4O3/c1-9-5-6-12(13(20)16-9)15(21)19-7-3-4-11(8-19)14-17-10(2)18-22-14/h5-6,11H,3-4,7-8H2,1-2H3,(H,16,20). The Morgan fingerprint density at radius 1 is 1.41 bits per heavy atom. The molecule has 7 heteroatoms. The molecule has 0 aliphatic carbocycles. The molecule has 7 nitrogen and oxygen atoms in total. The summed E-state index contributed by atoms with van der Waals surface area (Å²) in [6, 6.07) is 3.31. The minimum atomic E-state index is -0.347. The Morgan fingerprint density at radius 2 is 2.23 bits per heavy atom. The van der Waals surface area contributed by atoms with E-state index in [1.165, 1.54) is 0 Å². The lowest BCUT2D eigenvalue weighted by Gasteiger charge is -2.30. The second-order valence-electron chi connectivity index (χ2n) is 5.65. The molecule has 1 aliphatic heterocycles. The molecule has 1 aliphatic rings. The monoisotopic (exact) mass is 302 g/mol. The SMILES string of the molecule is Cc1noc(C2CCCN(C(=O)c3ccc(C)[nH]c3=O)C2)n1. The van der Waals surface area contributed by atoms with Gasteiger partial charge in [-0.25, -0.2) is 0 Å². The fraction of sp³-hybridized carbons (Fsp3) is 0.467. The Balaban J connectivity index is 1.79. The van der Waals surface area contributed by atoms with Crippen molar-refractivity contribution in [2.45, 2.75) is 32.6 Å². The Hall–Kier alpha value is -2.44. The molecule has 0 aromatic carbocycles. The third-order valence-electron chi connectivity index (χ3n) is 3.89. The van der Waals surface area contributed by atoms with E-state index in [1.54, 1.807) is 30.9 Å². The molecule has 0 saturated carbocycles. The first-order valence-electron chi connectivity index (χ1n) is 7.34. The minimum absolute atomic E-state index is 0.0310. The third-order valence-corrected chi connectivity index (χ3v) is 3.89. The summed E-state index contributed by atoms with van der Waals surface area (Å²) in [5.41, 5.74) is 0.563. The van der Waals surface area contributed by atoms with Crippen LogP contribution in [0.1, 0.15) is 46.5 Å². The molecule has 1 atom stereocenters. The Bertz CT molecular complexity index is 749. The molecule has 1 N–H and O–H groups in total. The van der Waals surface area contributed by atoms with E-state index < -0.39 is 0 Å². The first-order chi connectivity index (χ1) is 10.5. The van der Waals surface area contributed by atoms with Crippen LogP contribution in [0.4, 0.5) is 0 Å². The zero-order valence-electron chi connectivity index (χ0n) is 12.6. The van der Waals surface area contributed by atoms with E-state index in [9.17, 15) is 9.59 Å². The van der Waals surface area contributed by atoms with Crippen LogP contribution in [0.15, 0.2) is 21.5 Å². The maximum atomic E-state index is 12.6. The molecule has 0 bridgehead atoms. The zero-order chi connectivity index (χ0) is 15.7. The van der Waals surface area contributed by atoms with Gasteiger partial charge in [-0.05, 0) is 38.8 Å². The molecular weight excluding hydrogens is 284 g/mol. The number of aryl methyl sites for hydroxylation is 2. The smallest absolute Gasteiger partial charge is 0.260 e. The van der Waals surface area contributed by atoms with Gasteiger partial charge in [-0.3, -0.25) is 9.59 Å². The van der Waals surface area contributed by atoms with E-state index in [1.807, 2.05) is 0 Å². The molecule has 0 radical (unpaired) electrons. The number of hydrogen-bond acceptors (Lipinski definition) is 5. The zero-order valence-corrected chi connectivity index (χ0v) is 12.6. The van der Waals surface area contributed by atoms with Gasteiger partial charge >= 0.3 is 0 Å². The van der Waals surface area contributed by atoms with Crippen LogP contribution < -0.4 is 5.56 Å². The Morgan fingerprint density at radius 3 is 2.91 bits per heavy atom. The maximum Gasteiger partial charge on any atom is 0.260 e. The summed E-state index contributed by atoms with van der Waals surface area (Å²) in [4.78, 5) is 33.1. The number of hydrogen-bond donors (Lipinski definition) is 1. The third kappa shape index (κ3) is 2.79. The van der Waals surface area contributed by atoms with Crippen molar-refractivity contribution in [1.29, 1.82) is 0 Å². The van der Waals surface area contributed by atoms with Crippen LogP contribution in [-0.4, -0.2) is 39.0 Å². The molecule has 1 saturated heterocycles. The molecule has 3 rings (SSSR count). The van der Waals surface area contributed by atoms with Crippen LogP contribution in [0.25, 0.3) is 0 Å². The summed E-state index contributed by atoms with van der Waals surface area (Å²) >= 11 is 0. The van der Waals surface area contributed by atoms with E-state index >= 15 is 0 Å². The largest absolute Gasteiger partial charge is 0.339 e. The molecule has 0 spiro atoms. The van der Waals surface area contributed by atoms with E-state index in [0.717, 1.165) is 18.5 Å². The van der Waals surface area contributed by atoms with Crippen molar-refractivity contribution in [1.82, 2.24) is 20.0 Å². The number of likely N-dealkylation sites (tertiary alicyclic amines) is 1. The predicted molar refractivity (Wildman–Crippen MR) is 78.7 cm³/mol. The lowest BCUT2D eigenvalue weighted by atomic mass is 9.97. The van der Waals surface area contributed by atoms with E-state index in [4.69, 9.17) is 4.52 Å². The maximum absolute atomic E-state index is 12.6. The highest BCUT2D eigenvalue weighted by atomic mass is 16.5. The number of nitrogens with zero attached hydrogens (tertiary/aromatic N) is 3. The number of nitrogens with one attached hydrogen (secondary N) is 1. The predicted octanol–water partition coefficient (Wildman–Crippen LogP) is 1.39. The minimum Gasteiger partial charge on any atom is -0.339 e. The van der Waals surface area contributed by atoms with Gasteiger partial charge in [0.2, 0.25) is 5.89 Å². The molecule has 1 fully saturated rings. The van der Waals surface area contributed by atoms with Crippen molar-refractivity contribution in [2.24, 2.45) is 0 Å². The number of pyridine rings is 1. The van der Waals surface area contributed by atoms with E-state index in [-0.39, 0.29) is 22.9 Å². The number of carbonyl (C=O) groups is 1. The van der Waals surface area contributed by atoms with Crippen LogP contribution in [0.5, 0.6) is 0 Å². The summed E-state index contributed by atoms with van der Waals surface area (Å²) in [5.74, 6) is 0.937. The normalized spacial score (nSPS) is 18.5. The summed E-state index contributed by atoms with van der Waals surface area (Å²) < 4.78 is 5.21. The molecule has 2 aromatic rings. The summed E-state index contributed by atoms with van der Waals surface area (Å²) in [7, 11) is 0. The van der Waals surface area contributed by atoms with Crippen LogP contribution in [0, 0.1) is 13.8 Å². The van der Waals surface area contributed by atoms with Gasteiger partial charge in [0.25, 0.3) is 11.5 Å². The molecule has 22 heavy (non-hydrogen) atoms. The number of H-pyrrole nitrogens is 1. The number of carbonyl (C=O) groups excluding carboxylic acids is 1. The van der Waals surface area contributed by atoms with E-state index in [0.29, 0.717) is 24.8 Å². The van der Waals surface area contributed by atoms with Crippen LogP contribution in [0.2, 0.25) is 0 Å². The first kappa shape index (κ1) is 14.5. The van der Waals surface area contributed by atoms with Crippen LogP contribution >= 0.6 is 0 Å². The molecule has 1 amide bonds. The Kier molecular flexibility index (Phi) is 3.79. The van der Waals surface area contributed by atoms with Gasteiger partial charge < -0.3 is 14.4 Å². The highest BCUT2D eigenvalue weighted by molar-refractivity contribution is 5.93. The highest BCUT2D eigenvalue weighted by Gasteiger charge is 2.29. The Labute approximate surface area is 127 Å². The number of amides is 1. The topological polar surface area (TPSA) is 92.1 Å². The average molecular weight is 302 g/mol. The fourth-order valence-corrected chi connectivity index (χ4v) is 2.75. The van der Waals surface area contributed by atoms with Crippen molar-refractivity contribution in [3.8, 4) is 0 Å². The average Bonchev–Trinajstić information content (AvgIpc) is 2.93. The number of piperidine rings is 1. The quantitative estimate of drug-likeness (QED) is 0.905. The van der Waals surface area contributed by atoms with E-state index in [2.05, 4.69) is 15.1 Å². The van der Waals surface area contributed by atoms with Crippen molar-refractivity contribution >= 4 is 5.91 Å². The number of aromatic nitrogens is 3. The van der Waals surface area contributed by atoms with Crippen molar-refractivity contribution < 1.29 is 9.32 Å². The van der Waals surface area contributed by atoms with Gasteiger partial charge in [-0.2, -0.15) is 4.98 Å². The molecular formula is C15H18N4O3. The highest BCUT2D eigenvalue weighted by Crippen LogP contribution is 2.26. The molecule has 1 unspecified atom stereocenters. The van der Waals surface area contributed by atoms with Gasteiger partial charge in [0, 0.05) is 18.8 Å². The fourth-order valence-electron chi connectivity index (χ4n) is 2.75. The van der Waals surface area contributed by atoms with Gasteiger partial charge in [0.15, 0.2) is 5.82 Å². The first-order valence-corrected chi connectivity index (χ1v) is 7.34. The summed E-state index contributed by atoms with van der Waals surface area (Å²) in [6.07, 6.45) is 1.75. The van der Waals surface area contributed by atoms with Gasteiger partial charge in [0.1, 0.15) is 5.56 Å². The van der Waals surface area contributed by atoms with Gasteiger partial charge in [-0.15, -0.1) is 0 Å².